The minimum absolute atomic E-state index is 0. The Morgan fingerprint density at radius 2 is 1.96 bits per heavy atom. The number of carbonyl (C=O) groups excluding carboxylic acids is 1. The molecule has 3 N–H and O–H groups in total. The Labute approximate surface area is 153 Å². The Morgan fingerprint density at radius 3 is 2.65 bits per heavy atom. The van der Waals surface area contributed by atoms with Crippen molar-refractivity contribution in [2.45, 2.75) is 50.6 Å². The van der Waals surface area contributed by atoms with Crippen LogP contribution in [0.2, 0.25) is 10.0 Å². The Bertz CT molecular complexity index is 506. The average Bonchev–Trinajstić information content (AvgIpc) is 2.50. The second-order valence-electron chi connectivity index (χ2n) is 5.68. The van der Waals surface area contributed by atoms with E-state index in [0.29, 0.717) is 41.3 Å². The van der Waals surface area contributed by atoms with Crippen molar-refractivity contribution >= 4 is 41.5 Å². The quantitative estimate of drug-likeness (QED) is 0.733. The number of rotatable bonds is 6. The van der Waals surface area contributed by atoms with Crippen molar-refractivity contribution in [1.82, 2.24) is 5.32 Å². The van der Waals surface area contributed by atoms with Crippen LogP contribution in [0.5, 0.6) is 5.75 Å². The smallest absolute Gasteiger partial charge is 0.220 e. The molecule has 0 saturated heterocycles. The summed E-state index contributed by atoms with van der Waals surface area (Å²) < 4.78 is 5.56. The van der Waals surface area contributed by atoms with E-state index in [1.807, 2.05) is 0 Å². The molecule has 1 aliphatic carbocycles. The third-order valence-corrected chi connectivity index (χ3v) is 4.66. The third-order valence-electron chi connectivity index (χ3n) is 3.86. The van der Waals surface area contributed by atoms with Gasteiger partial charge in [0.25, 0.3) is 0 Å². The van der Waals surface area contributed by atoms with Gasteiger partial charge in [0.2, 0.25) is 5.91 Å². The van der Waals surface area contributed by atoms with Crippen LogP contribution in [0.3, 0.4) is 0 Å². The molecule has 1 saturated carbocycles. The van der Waals surface area contributed by atoms with Gasteiger partial charge in [-0.1, -0.05) is 29.3 Å². The molecule has 1 fully saturated rings. The van der Waals surface area contributed by atoms with E-state index < -0.39 is 0 Å². The number of nitrogens with two attached hydrogens (primary N) is 1. The van der Waals surface area contributed by atoms with Crippen LogP contribution in [0.15, 0.2) is 18.2 Å². The van der Waals surface area contributed by atoms with E-state index in [1.54, 1.807) is 18.2 Å². The summed E-state index contributed by atoms with van der Waals surface area (Å²) in [5.74, 6) is 0.622. The zero-order valence-electron chi connectivity index (χ0n) is 12.9. The van der Waals surface area contributed by atoms with E-state index in [4.69, 9.17) is 33.7 Å². The summed E-state index contributed by atoms with van der Waals surface area (Å²) in [6, 6.07) is 5.82. The molecular weight excluding hydrogens is 359 g/mol. The number of nitrogens with one attached hydrogen (secondary N) is 1. The molecule has 1 aromatic rings. The van der Waals surface area contributed by atoms with Gasteiger partial charge in [-0.3, -0.25) is 4.79 Å². The molecule has 0 radical (unpaired) electrons. The molecule has 7 heteroatoms. The number of carbonyl (C=O) groups is 1. The largest absolute Gasteiger partial charge is 0.492 e. The van der Waals surface area contributed by atoms with Gasteiger partial charge in [-0.05, 0) is 44.2 Å². The van der Waals surface area contributed by atoms with Crippen molar-refractivity contribution in [2.75, 3.05) is 6.61 Å². The van der Waals surface area contributed by atoms with Crippen LogP contribution < -0.4 is 15.8 Å². The summed E-state index contributed by atoms with van der Waals surface area (Å²) >= 11 is 11.9. The summed E-state index contributed by atoms with van der Waals surface area (Å²) in [6.45, 7) is 0.434. The molecule has 0 heterocycles. The van der Waals surface area contributed by atoms with Gasteiger partial charge in [0.05, 0.1) is 11.6 Å². The lowest BCUT2D eigenvalue weighted by Gasteiger charge is -2.26. The lowest BCUT2D eigenvalue weighted by Crippen LogP contribution is -2.40. The fraction of sp³-hybridized carbons (Fsp3) is 0.562. The van der Waals surface area contributed by atoms with E-state index in [0.717, 1.165) is 25.7 Å². The number of hydrogen-bond acceptors (Lipinski definition) is 3. The van der Waals surface area contributed by atoms with E-state index in [2.05, 4.69) is 5.32 Å². The summed E-state index contributed by atoms with van der Waals surface area (Å²) in [4.78, 5) is 11.9. The fourth-order valence-electron chi connectivity index (χ4n) is 2.57. The minimum atomic E-state index is 0. The Hall–Kier alpha value is -0.680. The molecule has 0 aromatic heterocycles. The fourth-order valence-corrected chi connectivity index (χ4v) is 2.92. The first kappa shape index (κ1) is 20.4. The normalized spacial score (nSPS) is 20.5. The SMILES string of the molecule is Cl.NC1CCC(NC(=O)CCCOc2cccc(Cl)c2Cl)CC1. The Kier molecular flexibility index (Phi) is 9.07. The molecule has 1 aliphatic rings. The molecule has 1 aromatic carbocycles. The Morgan fingerprint density at radius 1 is 1.26 bits per heavy atom. The molecular formula is C16H23Cl3N2O2. The van der Waals surface area contributed by atoms with Crippen molar-refractivity contribution in [3.8, 4) is 5.75 Å². The predicted octanol–water partition coefficient (Wildman–Crippen LogP) is 3.96. The zero-order valence-corrected chi connectivity index (χ0v) is 15.2. The summed E-state index contributed by atoms with van der Waals surface area (Å²) in [5, 5.41) is 3.94. The highest BCUT2D eigenvalue weighted by molar-refractivity contribution is 6.42. The first-order valence-electron chi connectivity index (χ1n) is 7.68. The number of halogens is 3. The van der Waals surface area contributed by atoms with Crippen LogP contribution in [-0.2, 0) is 4.79 Å². The first-order valence-corrected chi connectivity index (χ1v) is 8.43. The predicted molar refractivity (Wildman–Crippen MR) is 96.8 cm³/mol. The highest BCUT2D eigenvalue weighted by Crippen LogP contribution is 2.31. The first-order chi connectivity index (χ1) is 10.6. The molecule has 0 aliphatic heterocycles. The lowest BCUT2D eigenvalue weighted by molar-refractivity contribution is -0.122. The number of hydrogen-bond donors (Lipinski definition) is 2. The van der Waals surface area contributed by atoms with Gasteiger partial charge in [-0.25, -0.2) is 0 Å². The molecule has 2 rings (SSSR count). The molecule has 4 nitrogen and oxygen atoms in total. The van der Waals surface area contributed by atoms with E-state index in [-0.39, 0.29) is 24.4 Å². The van der Waals surface area contributed by atoms with Crippen LogP contribution in [-0.4, -0.2) is 24.6 Å². The molecule has 0 bridgehead atoms. The van der Waals surface area contributed by atoms with Gasteiger partial charge in [-0.2, -0.15) is 0 Å². The zero-order chi connectivity index (χ0) is 15.9. The second-order valence-corrected chi connectivity index (χ2v) is 6.47. The van der Waals surface area contributed by atoms with Crippen molar-refractivity contribution in [3.63, 3.8) is 0 Å². The van der Waals surface area contributed by atoms with Gasteiger partial charge in [-0.15, -0.1) is 12.4 Å². The van der Waals surface area contributed by atoms with Crippen molar-refractivity contribution < 1.29 is 9.53 Å². The molecule has 23 heavy (non-hydrogen) atoms. The van der Waals surface area contributed by atoms with Crippen LogP contribution >= 0.6 is 35.6 Å². The monoisotopic (exact) mass is 380 g/mol. The molecule has 0 unspecified atom stereocenters. The maximum atomic E-state index is 11.9. The van der Waals surface area contributed by atoms with Gasteiger partial charge >= 0.3 is 0 Å². The van der Waals surface area contributed by atoms with Gasteiger partial charge in [0.1, 0.15) is 10.8 Å². The maximum Gasteiger partial charge on any atom is 0.220 e. The van der Waals surface area contributed by atoms with Crippen molar-refractivity contribution in [2.24, 2.45) is 5.73 Å². The lowest BCUT2D eigenvalue weighted by atomic mass is 9.92. The van der Waals surface area contributed by atoms with E-state index >= 15 is 0 Å². The highest BCUT2D eigenvalue weighted by Gasteiger charge is 2.19. The average molecular weight is 382 g/mol. The summed E-state index contributed by atoms with van der Waals surface area (Å²) in [6.07, 6.45) is 5.01. The van der Waals surface area contributed by atoms with Gasteiger partial charge in [0.15, 0.2) is 0 Å². The topological polar surface area (TPSA) is 64.3 Å². The van der Waals surface area contributed by atoms with E-state index in [9.17, 15) is 4.79 Å². The standard InChI is InChI=1S/C16H22Cl2N2O2.ClH/c17-13-3-1-4-14(16(13)18)22-10-2-5-15(21)20-12-8-6-11(19)7-9-12;/h1,3-4,11-12H,2,5-10,19H2,(H,20,21);1H. The summed E-state index contributed by atoms with van der Waals surface area (Å²) in [5.41, 5.74) is 5.85. The van der Waals surface area contributed by atoms with E-state index in [1.165, 1.54) is 0 Å². The highest BCUT2D eigenvalue weighted by atomic mass is 35.5. The van der Waals surface area contributed by atoms with Crippen molar-refractivity contribution in [3.05, 3.63) is 28.2 Å². The third kappa shape index (κ3) is 6.76. The van der Waals surface area contributed by atoms with Crippen LogP contribution in [0, 0.1) is 0 Å². The maximum absolute atomic E-state index is 11.9. The number of ether oxygens (including phenoxy) is 1. The van der Waals surface area contributed by atoms with Gasteiger partial charge in [0, 0.05) is 18.5 Å². The minimum Gasteiger partial charge on any atom is -0.492 e. The van der Waals surface area contributed by atoms with Crippen LogP contribution in [0.1, 0.15) is 38.5 Å². The molecule has 0 spiro atoms. The Balaban J connectivity index is 0.00000264. The van der Waals surface area contributed by atoms with Crippen LogP contribution in [0.25, 0.3) is 0 Å². The summed E-state index contributed by atoms with van der Waals surface area (Å²) in [7, 11) is 0. The number of amides is 1. The molecule has 1 amide bonds. The van der Waals surface area contributed by atoms with Crippen molar-refractivity contribution in [1.29, 1.82) is 0 Å². The number of benzene rings is 1. The van der Waals surface area contributed by atoms with Crippen LogP contribution in [0.4, 0.5) is 0 Å². The molecule has 130 valence electrons. The molecule has 0 atom stereocenters. The van der Waals surface area contributed by atoms with Gasteiger partial charge < -0.3 is 15.8 Å². The second kappa shape index (κ2) is 10.2.